The molecule has 3 N–H and O–H groups in total. The second-order valence-corrected chi connectivity index (χ2v) is 7.18. The fraction of sp³-hybridized carbons (Fsp3) is 0.167. The quantitative estimate of drug-likeness (QED) is 0.750. The molecule has 0 spiro atoms. The van der Waals surface area contributed by atoms with E-state index in [0.717, 1.165) is 4.70 Å². The second-order valence-electron chi connectivity index (χ2n) is 6.15. The molecule has 0 aliphatic rings. The van der Waals surface area contributed by atoms with Crippen LogP contribution in [-0.4, -0.2) is 16.8 Å². The lowest BCUT2D eigenvalue weighted by molar-refractivity contribution is -0.120. The minimum atomic E-state index is -0.857. The van der Waals surface area contributed by atoms with Crippen molar-refractivity contribution in [2.24, 2.45) is 5.73 Å². The van der Waals surface area contributed by atoms with Gasteiger partial charge in [0.15, 0.2) is 5.13 Å². The van der Waals surface area contributed by atoms with Crippen LogP contribution in [0.3, 0.4) is 0 Å². The molecule has 3 rings (SSSR count). The Kier molecular flexibility index (Phi) is 4.26. The number of carbonyl (C=O) groups is 2. The van der Waals surface area contributed by atoms with Crippen LogP contribution in [0, 0.1) is 5.82 Å². The van der Waals surface area contributed by atoms with Gasteiger partial charge in [-0.25, -0.2) is 9.37 Å². The molecule has 0 saturated heterocycles. The number of amides is 2. The van der Waals surface area contributed by atoms with E-state index in [-0.39, 0.29) is 11.7 Å². The van der Waals surface area contributed by atoms with Gasteiger partial charge in [0.25, 0.3) is 0 Å². The highest BCUT2D eigenvalue weighted by Gasteiger charge is 2.30. The van der Waals surface area contributed by atoms with E-state index in [1.165, 1.54) is 23.5 Å². The Bertz CT molecular complexity index is 964. The Morgan fingerprint density at radius 3 is 2.48 bits per heavy atom. The van der Waals surface area contributed by atoms with Crippen LogP contribution >= 0.6 is 11.3 Å². The summed E-state index contributed by atoms with van der Waals surface area (Å²) in [5, 5.41) is 3.22. The van der Waals surface area contributed by atoms with Crippen molar-refractivity contribution in [1.29, 1.82) is 0 Å². The summed E-state index contributed by atoms with van der Waals surface area (Å²) in [5.74, 6) is -1.12. The Labute approximate surface area is 147 Å². The van der Waals surface area contributed by atoms with Gasteiger partial charge in [-0.3, -0.25) is 9.59 Å². The van der Waals surface area contributed by atoms with Crippen molar-refractivity contribution in [2.75, 3.05) is 5.32 Å². The molecular formula is C18H16FN3O2S. The molecule has 0 fully saturated rings. The SMILES string of the molecule is CC(C)(C(=O)Nc1nc2ccc(C(N)=O)cc2s1)c1ccc(F)cc1. The van der Waals surface area contributed by atoms with Gasteiger partial charge in [-0.1, -0.05) is 23.5 Å². The lowest BCUT2D eigenvalue weighted by atomic mass is 9.84. The number of anilines is 1. The summed E-state index contributed by atoms with van der Waals surface area (Å²) in [5.41, 5.74) is 6.17. The molecule has 0 saturated carbocycles. The first kappa shape index (κ1) is 17.0. The predicted molar refractivity (Wildman–Crippen MR) is 96.2 cm³/mol. The number of rotatable bonds is 4. The second kappa shape index (κ2) is 6.25. The zero-order valence-corrected chi connectivity index (χ0v) is 14.5. The van der Waals surface area contributed by atoms with Gasteiger partial charge in [0.2, 0.25) is 11.8 Å². The van der Waals surface area contributed by atoms with Crippen LogP contribution in [0.1, 0.15) is 29.8 Å². The van der Waals surface area contributed by atoms with Crippen molar-refractivity contribution in [3.63, 3.8) is 0 Å². The van der Waals surface area contributed by atoms with Crippen LogP contribution in [0.5, 0.6) is 0 Å². The van der Waals surface area contributed by atoms with Crippen LogP contribution < -0.4 is 11.1 Å². The van der Waals surface area contributed by atoms with Crippen LogP contribution in [0.2, 0.25) is 0 Å². The molecule has 2 amide bonds. The standard InChI is InChI=1S/C18H16FN3O2S/c1-18(2,11-4-6-12(19)7-5-11)16(24)22-17-21-13-8-3-10(15(20)23)9-14(13)25-17/h3-9H,1-2H3,(H2,20,23)(H,21,22,24). The van der Waals surface area contributed by atoms with Gasteiger partial charge in [-0.15, -0.1) is 0 Å². The number of halogens is 1. The Morgan fingerprint density at radius 1 is 1.16 bits per heavy atom. The van der Waals surface area contributed by atoms with Crippen LogP contribution in [0.15, 0.2) is 42.5 Å². The number of primary amides is 1. The lowest BCUT2D eigenvalue weighted by Crippen LogP contribution is -2.34. The summed E-state index contributed by atoms with van der Waals surface area (Å²) in [6, 6.07) is 10.8. The number of aromatic nitrogens is 1. The van der Waals surface area contributed by atoms with E-state index in [1.807, 2.05) is 0 Å². The maximum atomic E-state index is 13.1. The molecule has 7 heteroatoms. The normalized spacial score (nSPS) is 11.5. The van der Waals surface area contributed by atoms with E-state index in [4.69, 9.17) is 5.73 Å². The fourth-order valence-corrected chi connectivity index (χ4v) is 3.28. The first-order chi connectivity index (χ1) is 11.8. The molecule has 0 aliphatic carbocycles. The predicted octanol–water partition coefficient (Wildman–Crippen LogP) is 3.45. The average Bonchev–Trinajstić information content (AvgIpc) is 2.96. The minimum absolute atomic E-state index is 0.256. The van der Waals surface area contributed by atoms with Gasteiger partial charge in [-0.05, 0) is 49.7 Å². The first-order valence-corrected chi connectivity index (χ1v) is 8.37. The van der Waals surface area contributed by atoms with Gasteiger partial charge < -0.3 is 11.1 Å². The maximum absolute atomic E-state index is 13.1. The van der Waals surface area contributed by atoms with E-state index < -0.39 is 11.3 Å². The lowest BCUT2D eigenvalue weighted by Gasteiger charge is -2.23. The summed E-state index contributed by atoms with van der Waals surface area (Å²) in [7, 11) is 0. The van der Waals surface area contributed by atoms with Gasteiger partial charge in [-0.2, -0.15) is 0 Å². The number of hydrogen-bond donors (Lipinski definition) is 2. The van der Waals surface area contributed by atoms with Crippen molar-refractivity contribution in [3.8, 4) is 0 Å². The Balaban J connectivity index is 1.85. The summed E-state index contributed by atoms with van der Waals surface area (Å²) < 4.78 is 13.8. The third kappa shape index (κ3) is 3.36. The monoisotopic (exact) mass is 357 g/mol. The Morgan fingerprint density at radius 2 is 1.84 bits per heavy atom. The number of benzene rings is 2. The smallest absolute Gasteiger partial charge is 0.248 e. The molecule has 0 unspecified atom stereocenters. The van der Waals surface area contributed by atoms with E-state index in [1.54, 1.807) is 44.2 Å². The zero-order valence-electron chi connectivity index (χ0n) is 13.7. The van der Waals surface area contributed by atoms with Gasteiger partial charge in [0, 0.05) is 5.56 Å². The molecule has 128 valence electrons. The summed E-state index contributed by atoms with van der Waals surface area (Å²) in [6.45, 7) is 3.52. The molecule has 3 aromatic rings. The molecule has 1 heterocycles. The molecule has 25 heavy (non-hydrogen) atoms. The van der Waals surface area contributed by atoms with Crippen molar-refractivity contribution in [1.82, 2.24) is 4.98 Å². The molecule has 0 atom stereocenters. The molecular weight excluding hydrogens is 341 g/mol. The van der Waals surface area contributed by atoms with Crippen molar-refractivity contribution in [2.45, 2.75) is 19.3 Å². The number of nitrogens with zero attached hydrogens (tertiary/aromatic N) is 1. The van der Waals surface area contributed by atoms with Gasteiger partial charge >= 0.3 is 0 Å². The topological polar surface area (TPSA) is 85.1 Å². The number of fused-ring (bicyclic) bond motifs is 1. The highest BCUT2D eigenvalue weighted by molar-refractivity contribution is 7.22. The number of nitrogens with two attached hydrogens (primary N) is 1. The first-order valence-electron chi connectivity index (χ1n) is 7.55. The molecule has 5 nitrogen and oxygen atoms in total. The number of carbonyl (C=O) groups excluding carboxylic acids is 2. The van der Waals surface area contributed by atoms with Crippen molar-refractivity contribution in [3.05, 3.63) is 59.4 Å². The van der Waals surface area contributed by atoms with Crippen LogP contribution in [-0.2, 0) is 10.2 Å². The maximum Gasteiger partial charge on any atom is 0.248 e. The molecule has 0 bridgehead atoms. The van der Waals surface area contributed by atoms with E-state index in [9.17, 15) is 14.0 Å². The molecule has 0 radical (unpaired) electrons. The van der Waals surface area contributed by atoms with Crippen molar-refractivity contribution < 1.29 is 14.0 Å². The fourth-order valence-electron chi connectivity index (χ4n) is 2.38. The average molecular weight is 357 g/mol. The number of nitrogens with one attached hydrogen (secondary N) is 1. The highest BCUT2D eigenvalue weighted by Crippen LogP contribution is 2.30. The summed E-state index contributed by atoms with van der Waals surface area (Å²) >= 11 is 1.26. The number of thiazole rings is 1. The molecule has 1 aromatic heterocycles. The third-order valence-electron chi connectivity index (χ3n) is 4.03. The Hall–Kier alpha value is -2.80. The highest BCUT2D eigenvalue weighted by atomic mass is 32.1. The molecule has 2 aromatic carbocycles. The third-order valence-corrected chi connectivity index (χ3v) is 4.96. The molecule has 0 aliphatic heterocycles. The minimum Gasteiger partial charge on any atom is -0.366 e. The van der Waals surface area contributed by atoms with E-state index in [0.29, 0.717) is 21.8 Å². The zero-order chi connectivity index (χ0) is 18.2. The van der Waals surface area contributed by atoms with Gasteiger partial charge in [0.1, 0.15) is 5.82 Å². The largest absolute Gasteiger partial charge is 0.366 e. The van der Waals surface area contributed by atoms with Gasteiger partial charge in [0.05, 0.1) is 15.6 Å². The van der Waals surface area contributed by atoms with E-state index in [2.05, 4.69) is 10.3 Å². The number of hydrogen-bond acceptors (Lipinski definition) is 4. The van der Waals surface area contributed by atoms with Crippen molar-refractivity contribution >= 4 is 38.5 Å². The van der Waals surface area contributed by atoms with E-state index >= 15 is 0 Å². The van der Waals surface area contributed by atoms with Crippen LogP contribution in [0.4, 0.5) is 9.52 Å². The summed E-state index contributed by atoms with van der Waals surface area (Å²) in [6.07, 6.45) is 0. The van der Waals surface area contributed by atoms with Crippen LogP contribution in [0.25, 0.3) is 10.2 Å². The summed E-state index contributed by atoms with van der Waals surface area (Å²) in [4.78, 5) is 28.3.